The van der Waals surface area contributed by atoms with Gasteiger partial charge in [0.1, 0.15) is 0 Å². The van der Waals surface area contributed by atoms with Crippen LogP contribution < -0.4 is 5.32 Å². The van der Waals surface area contributed by atoms with Crippen molar-refractivity contribution in [3.63, 3.8) is 0 Å². The summed E-state index contributed by atoms with van der Waals surface area (Å²) in [5, 5.41) is 6.46. The molecule has 64 valence electrons. The van der Waals surface area contributed by atoms with Crippen molar-refractivity contribution in [3.05, 3.63) is 23.2 Å². The fourth-order valence-corrected chi connectivity index (χ4v) is 1.22. The highest BCUT2D eigenvalue weighted by molar-refractivity contribution is 7.05. The Balaban J connectivity index is 2.48. The third-order valence-corrected chi connectivity index (χ3v) is 2.18. The van der Waals surface area contributed by atoms with E-state index in [2.05, 4.69) is 21.5 Å². The molecule has 5 heteroatoms. The number of hydrogen-bond donors (Lipinski definition) is 1. The van der Waals surface area contributed by atoms with E-state index in [1.165, 1.54) is 17.6 Å². The van der Waals surface area contributed by atoms with Crippen LogP contribution in [0.5, 0.6) is 0 Å². The number of carbonyl (C=O) groups excluding carboxylic acids is 1. The second-order valence-corrected chi connectivity index (χ2v) is 3.04. The highest BCUT2D eigenvalue weighted by Crippen LogP contribution is 2.07. The lowest BCUT2D eigenvalue weighted by molar-refractivity contribution is -0.116. The second kappa shape index (κ2) is 3.96. The van der Waals surface area contributed by atoms with Gasteiger partial charge in [-0.15, -0.1) is 5.10 Å². The predicted molar refractivity (Wildman–Crippen MR) is 46.7 cm³/mol. The number of amides is 1. The van der Waals surface area contributed by atoms with E-state index >= 15 is 0 Å². The summed E-state index contributed by atoms with van der Waals surface area (Å²) in [6, 6.07) is 0. The summed E-state index contributed by atoms with van der Waals surface area (Å²) in [7, 11) is 0. The topological polar surface area (TPSA) is 54.9 Å². The predicted octanol–water partition coefficient (Wildman–Crippen LogP) is 0.649. The van der Waals surface area contributed by atoms with Gasteiger partial charge in [-0.3, -0.25) is 4.79 Å². The monoisotopic (exact) mass is 183 g/mol. The van der Waals surface area contributed by atoms with Crippen LogP contribution in [0.1, 0.15) is 10.6 Å². The first-order chi connectivity index (χ1) is 5.74. The maximum atomic E-state index is 10.8. The van der Waals surface area contributed by atoms with Gasteiger partial charge in [0.15, 0.2) is 0 Å². The van der Waals surface area contributed by atoms with Crippen LogP contribution in [0.15, 0.2) is 12.7 Å². The zero-order chi connectivity index (χ0) is 8.97. The summed E-state index contributed by atoms with van der Waals surface area (Å²) in [4.78, 5) is 11.7. The lowest BCUT2D eigenvalue weighted by atomic mass is 10.4. The smallest absolute Gasteiger partial charge is 0.243 e. The minimum atomic E-state index is -0.178. The van der Waals surface area contributed by atoms with Crippen molar-refractivity contribution in [1.82, 2.24) is 14.9 Å². The Morgan fingerprint density at radius 1 is 1.83 bits per heavy atom. The standard InChI is InChI=1S/C7H9N3OS/c1-3-7(11)8-4-6-5(2)9-10-12-6/h3H,1,4H2,2H3,(H,8,11). The summed E-state index contributed by atoms with van der Waals surface area (Å²) < 4.78 is 3.74. The first kappa shape index (κ1) is 8.86. The summed E-state index contributed by atoms with van der Waals surface area (Å²) in [6.45, 7) is 5.68. The maximum Gasteiger partial charge on any atom is 0.243 e. The quantitative estimate of drug-likeness (QED) is 0.700. The van der Waals surface area contributed by atoms with Crippen molar-refractivity contribution < 1.29 is 4.79 Å². The minimum Gasteiger partial charge on any atom is -0.348 e. The molecule has 1 aromatic heterocycles. The molecular weight excluding hydrogens is 174 g/mol. The molecular formula is C7H9N3OS. The molecule has 0 aliphatic rings. The molecule has 0 fully saturated rings. The van der Waals surface area contributed by atoms with Gasteiger partial charge in [0, 0.05) is 0 Å². The minimum absolute atomic E-state index is 0.178. The van der Waals surface area contributed by atoms with Gasteiger partial charge >= 0.3 is 0 Å². The van der Waals surface area contributed by atoms with Gasteiger partial charge in [0.2, 0.25) is 5.91 Å². The van der Waals surface area contributed by atoms with Crippen molar-refractivity contribution in [2.24, 2.45) is 0 Å². The average molecular weight is 183 g/mol. The zero-order valence-electron chi connectivity index (χ0n) is 6.70. The van der Waals surface area contributed by atoms with Gasteiger partial charge in [0.05, 0.1) is 17.1 Å². The van der Waals surface area contributed by atoms with Crippen LogP contribution in [-0.2, 0) is 11.3 Å². The second-order valence-electron chi connectivity index (χ2n) is 2.20. The number of nitrogens with one attached hydrogen (secondary N) is 1. The molecule has 0 aliphatic heterocycles. The Hall–Kier alpha value is -1.23. The van der Waals surface area contributed by atoms with Crippen molar-refractivity contribution in [1.29, 1.82) is 0 Å². The molecule has 0 bridgehead atoms. The Morgan fingerprint density at radius 3 is 3.08 bits per heavy atom. The van der Waals surface area contributed by atoms with E-state index in [9.17, 15) is 4.79 Å². The van der Waals surface area contributed by atoms with E-state index in [-0.39, 0.29) is 5.91 Å². The van der Waals surface area contributed by atoms with Crippen molar-refractivity contribution in [2.45, 2.75) is 13.5 Å². The van der Waals surface area contributed by atoms with Crippen LogP contribution in [0.25, 0.3) is 0 Å². The summed E-state index contributed by atoms with van der Waals surface area (Å²) in [5.41, 5.74) is 0.865. The Morgan fingerprint density at radius 2 is 2.58 bits per heavy atom. The first-order valence-electron chi connectivity index (χ1n) is 3.42. The summed E-state index contributed by atoms with van der Waals surface area (Å²) >= 11 is 1.29. The Kier molecular flexibility index (Phi) is 2.93. The molecule has 12 heavy (non-hydrogen) atoms. The maximum absolute atomic E-state index is 10.8. The zero-order valence-corrected chi connectivity index (χ0v) is 7.52. The molecule has 0 saturated carbocycles. The van der Waals surface area contributed by atoms with E-state index in [1.807, 2.05) is 6.92 Å². The largest absolute Gasteiger partial charge is 0.348 e. The fourth-order valence-electron chi connectivity index (χ4n) is 0.653. The molecule has 0 aliphatic carbocycles. The van der Waals surface area contributed by atoms with Crippen LogP contribution in [0.2, 0.25) is 0 Å². The van der Waals surface area contributed by atoms with Gasteiger partial charge in [-0.2, -0.15) is 0 Å². The lowest BCUT2D eigenvalue weighted by Gasteiger charge is -1.97. The third-order valence-electron chi connectivity index (χ3n) is 1.35. The molecule has 1 N–H and O–H groups in total. The number of hydrogen-bond acceptors (Lipinski definition) is 4. The highest BCUT2D eigenvalue weighted by Gasteiger charge is 2.02. The number of aromatic nitrogens is 2. The molecule has 0 saturated heterocycles. The molecule has 0 atom stereocenters. The van der Waals surface area contributed by atoms with Crippen LogP contribution in [0, 0.1) is 6.92 Å². The molecule has 0 radical (unpaired) electrons. The van der Waals surface area contributed by atoms with Crippen molar-refractivity contribution >= 4 is 17.4 Å². The highest BCUT2D eigenvalue weighted by atomic mass is 32.1. The van der Waals surface area contributed by atoms with E-state index < -0.39 is 0 Å². The van der Waals surface area contributed by atoms with E-state index in [0.29, 0.717) is 6.54 Å². The van der Waals surface area contributed by atoms with Gasteiger partial charge in [-0.1, -0.05) is 11.1 Å². The number of nitrogens with zero attached hydrogens (tertiary/aromatic N) is 2. The number of carbonyl (C=O) groups is 1. The van der Waals surface area contributed by atoms with Crippen LogP contribution in [-0.4, -0.2) is 15.5 Å². The van der Waals surface area contributed by atoms with Gasteiger partial charge in [0.25, 0.3) is 0 Å². The molecule has 0 unspecified atom stereocenters. The van der Waals surface area contributed by atoms with Crippen molar-refractivity contribution in [2.75, 3.05) is 0 Å². The molecule has 1 heterocycles. The summed E-state index contributed by atoms with van der Waals surface area (Å²) in [5.74, 6) is -0.178. The molecule has 0 spiro atoms. The third kappa shape index (κ3) is 2.13. The Labute approximate surface area is 74.5 Å². The average Bonchev–Trinajstić information content (AvgIpc) is 2.47. The number of rotatable bonds is 3. The van der Waals surface area contributed by atoms with Crippen LogP contribution in [0.3, 0.4) is 0 Å². The van der Waals surface area contributed by atoms with Crippen molar-refractivity contribution in [3.8, 4) is 0 Å². The summed E-state index contributed by atoms with van der Waals surface area (Å²) in [6.07, 6.45) is 1.24. The number of aryl methyl sites for hydroxylation is 1. The molecule has 1 rings (SSSR count). The Bertz CT molecular complexity index is 295. The first-order valence-corrected chi connectivity index (χ1v) is 4.19. The SMILES string of the molecule is C=CC(=O)NCc1snnc1C. The van der Waals surface area contributed by atoms with Gasteiger partial charge in [-0.25, -0.2) is 0 Å². The molecule has 1 aromatic rings. The molecule has 1 amide bonds. The van der Waals surface area contributed by atoms with Crippen LogP contribution >= 0.6 is 11.5 Å². The lowest BCUT2D eigenvalue weighted by Crippen LogP contribution is -2.19. The van der Waals surface area contributed by atoms with Gasteiger partial charge < -0.3 is 5.32 Å². The molecule has 0 aromatic carbocycles. The normalized spacial score (nSPS) is 9.42. The van der Waals surface area contributed by atoms with E-state index in [4.69, 9.17) is 0 Å². The van der Waals surface area contributed by atoms with E-state index in [0.717, 1.165) is 10.6 Å². The van der Waals surface area contributed by atoms with E-state index in [1.54, 1.807) is 0 Å². The van der Waals surface area contributed by atoms with Crippen LogP contribution in [0.4, 0.5) is 0 Å². The fraction of sp³-hybridized carbons (Fsp3) is 0.286. The molecule has 4 nitrogen and oxygen atoms in total. The van der Waals surface area contributed by atoms with Gasteiger partial charge in [-0.05, 0) is 24.5 Å².